The van der Waals surface area contributed by atoms with Crippen LogP contribution in [0.5, 0.6) is 0 Å². The lowest BCUT2D eigenvalue weighted by Crippen LogP contribution is -2.34. The number of para-hydroxylation sites is 1. The molecule has 1 amide bonds. The van der Waals surface area contributed by atoms with E-state index in [0.717, 1.165) is 20.8 Å². The van der Waals surface area contributed by atoms with Gasteiger partial charge in [-0.05, 0) is 24.3 Å². The molecule has 0 spiro atoms. The molecule has 2 aromatic heterocycles. The van der Waals surface area contributed by atoms with Crippen LogP contribution in [0.3, 0.4) is 0 Å². The summed E-state index contributed by atoms with van der Waals surface area (Å²) in [6.45, 7) is 0. The molecule has 10 heteroatoms. The number of amides is 1. The molecule has 1 N–H and O–H groups in total. The molecule has 2 aromatic carbocycles. The maximum atomic E-state index is 14.1. The van der Waals surface area contributed by atoms with Gasteiger partial charge in [0, 0.05) is 12.6 Å². The lowest BCUT2D eigenvalue weighted by atomic mass is 10.1. The highest BCUT2D eigenvalue weighted by molar-refractivity contribution is 7.18. The molecule has 0 unspecified atom stereocenters. The molecule has 0 aliphatic rings. The number of rotatable bonds is 4. The number of hydrogen-bond donors (Lipinski definition) is 1. The minimum atomic E-state index is -0.776. The molecule has 0 bridgehead atoms. The number of nitrogens with one attached hydrogen (secondary N) is 1. The van der Waals surface area contributed by atoms with Gasteiger partial charge < -0.3 is 9.88 Å². The number of aromatic nitrogens is 2. The smallest absolute Gasteiger partial charge is 0.308 e. The Morgan fingerprint density at radius 3 is 2.65 bits per heavy atom. The number of halogens is 2. The van der Waals surface area contributed by atoms with Gasteiger partial charge in [0.1, 0.15) is 10.2 Å². The second-order valence-electron chi connectivity index (χ2n) is 6.54. The summed E-state index contributed by atoms with van der Waals surface area (Å²) in [5.74, 6) is -1.15. The number of anilines is 1. The first-order valence-corrected chi connectivity index (χ1v) is 10.1. The maximum Gasteiger partial charge on any atom is 0.333 e. The van der Waals surface area contributed by atoms with E-state index in [4.69, 9.17) is 11.6 Å². The SMILES string of the molecule is CN(C(=O)c1cc(-n2c(=O)[nH]c3cccc(C=O)c3c2=O)c(Cl)s1)c1ccccc1F. The Balaban J connectivity index is 1.85. The van der Waals surface area contributed by atoms with Gasteiger partial charge in [0.25, 0.3) is 11.5 Å². The Morgan fingerprint density at radius 2 is 1.94 bits per heavy atom. The van der Waals surface area contributed by atoms with Crippen LogP contribution in [-0.4, -0.2) is 28.8 Å². The number of nitrogens with zero attached hydrogens (tertiary/aromatic N) is 2. The van der Waals surface area contributed by atoms with Crippen LogP contribution in [0.2, 0.25) is 4.34 Å². The molecule has 0 fully saturated rings. The fourth-order valence-corrected chi connectivity index (χ4v) is 4.45. The van der Waals surface area contributed by atoms with E-state index in [2.05, 4.69) is 4.98 Å². The van der Waals surface area contributed by atoms with Crippen molar-refractivity contribution >= 4 is 51.7 Å². The Bertz CT molecular complexity index is 1470. The van der Waals surface area contributed by atoms with E-state index in [1.165, 1.54) is 43.4 Å². The molecule has 0 saturated carbocycles. The summed E-state index contributed by atoms with van der Waals surface area (Å²) in [5.41, 5.74) is -1.16. The van der Waals surface area contributed by atoms with Gasteiger partial charge in [-0.1, -0.05) is 35.9 Å². The van der Waals surface area contributed by atoms with Gasteiger partial charge in [-0.25, -0.2) is 13.8 Å². The van der Waals surface area contributed by atoms with Crippen molar-refractivity contribution in [2.45, 2.75) is 0 Å². The first-order valence-electron chi connectivity index (χ1n) is 8.89. The molecule has 7 nitrogen and oxygen atoms in total. The van der Waals surface area contributed by atoms with E-state index >= 15 is 0 Å². The summed E-state index contributed by atoms with van der Waals surface area (Å²) in [7, 11) is 1.40. The molecular formula is C21H13ClFN3O4S. The summed E-state index contributed by atoms with van der Waals surface area (Å²) in [6.07, 6.45) is 0.514. The van der Waals surface area contributed by atoms with Crippen molar-refractivity contribution in [3.05, 3.63) is 90.0 Å². The van der Waals surface area contributed by atoms with Crippen molar-refractivity contribution in [1.29, 1.82) is 0 Å². The predicted molar refractivity (Wildman–Crippen MR) is 118 cm³/mol. The summed E-state index contributed by atoms with van der Waals surface area (Å²) in [5, 5.41) is 0.0238. The zero-order valence-corrected chi connectivity index (χ0v) is 17.5. The number of carbonyl (C=O) groups is 2. The molecule has 0 aliphatic heterocycles. The van der Waals surface area contributed by atoms with Gasteiger partial charge in [-0.2, -0.15) is 0 Å². The van der Waals surface area contributed by atoms with Crippen LogP contribution in [-0.2, 0) is 0 Å². The lowest BCUT2D eigenvalue weighted by molar-refractivity contribution is 0.0995. The van der Waals surface area contributed by atoms with Crippen molar-refractivity contribution in [1.82, 2.24) is 9.55 Å². The zero-order valence-electron chi connectivity index (χ0n) is 15.9. The van der Waals surface area contributed by atoms with E-state index in [0.29, 0.717) is 6.29 Å². The second-order valence-corrected chi connectivity index (χ2v) is 8.20. The fraction of sp³-hybridized carbons (Fsp3) is 0.0476. The quantitative estimate of drug-likeness (QED) is 0.474. The van der Waals surface area contributed by atoms with Crippen LogP contribution in [0.25, 0.3) is 16.6 Å². The average molecular weight is 458 g/mol. The third-order valence-corrected chi connectivity index (χ3v) is 6.05. The molecule has 4 aromatic rings. The van der Waals surface area contributed by atoms with E-state index in [-0.39, 0.29) is 37.1 Å². The van der Waals surface area contributed by atoms with E-state index in [9.17, 15) is 23.6 Å². The van der Waals surface area contributed by atoms with Crippen molar-refractivity contribution in [2.75, 3.05) is 11.9 Å². The van der Waals surface area contributed by atoms with Crippen molar-refractivity contribution < 1.29 is 14.0 Å². The van der Waals surface area contributed by atoms with E-state index in [1.807, 2.05) is 0 Å². The Morgan fingerprint density at radius 1 is 1.19 bits per heavy atom. The summed E-state index contributed by atoms with van der Waals surface area (Å²) in [6, 6.07) is 11.6. The normalized spacial score (nSPS) is 10.9. The predicted octanol–water partition coefficient (Wildman–Crippen LogP) is 3.62. The number of aromatic amines is 1. The minimum absolute atomic E-state index is 0.00852. The monoisotopic (exact) mass is 457 g/mol. The number of fused-ring (bicyclic) bond motifs is 1. The Hall–Kier alpha value is -3.56. The van der Waals surface area contributed by atoms with E-state index in [1.54, 1.807) is 12.1 Å². The van der Waals surface area contributed by atoms with Gasteiger partial charge in [-0.3, -0.25) is 14.4 Å². The van der Waals surface area contributed by atoms with Crippen LogP contribution in [0, 0.1) is 5.82 Å². The largest absolute Gasteiger partial charge is 0.333 e. The fourth-order valence-electron chi connectivity index (χ4n) is 3.22. The van der Waals surface area contributed by atoms with Gasteiger partial charge >= 0.3 is 5.69 Å². The van der Waals surface area contributed by atoms with Gasteiger partial charge in [0.05, 0.1) is 27.2 Å². The molecule has 0 radical (unpaired) electrons. The first-order chi connectivity index (χ1) is 14.8. The van der Waals surface area contributed by atoms with Gasteiger partial charge in [0.2, 0.25) is 0 Å². The number of benzene rings is 2. The summed E-state index contributed by atoms with van der Waals surface area (Å²) < 4.78 is 14.8. The van der Waals surface area contributed by atoms with Crippen molar-refractivity contribution in [2.24, 2.45) is 0 Å². The Labute approximate surface area is 182 Å². The standard InChI is InChI=1S/C21H13ClFN3O4S/c1-25(14-8-3-2-6-12(14)23)19(28)16-9-15(18(22)31-16)26-20(29)17-11(10-27)5-4-7-13(17)24-21(26)30/h2-10H,1H3,(H,24,30). The number of carbonyl (C=O) groups excluding carboxylic acids is 2. The number of aldehydes is 1. The molecular weight excluding hydrogens is 445 g/mol. The second kappa shape index (κ2) is 7.93. The van der Waals surface area contributed by atoms with Crippen LogP contribution in [0.1, 0.15) is 20.0 Å². The third kappa shape index (κ3) is 3.47. The highest BCUT2D eigenvalue weighted by atomic mass is 35.5. The maximum absolute atomic E-state index is 14.1. The molecule has 0 aliphatic carbocycles. The molecule has 0 saturated heterocycles. The highest BCUT2D eigenvalue weighted by Gasteiger charge is 2.23. The number of hydrogen-bond acceptors (Lipinski definition) is 5. The molecule has 4 rings (SSSR count). The highest BCUT2D eigenvalue weighted by Crippen LogP contribution is 2.31. The van der Waals surface area contributed by atoms with E-state index < -0.39 is 23.0 Å². The van der Waals surface area contributed by atoms with Crippen LogP contribution < -0.4 is 16.1 Å². The summed E-state index contributed by atoms with van der Waals surface area (Å²) >= 11 is 7.11. The summed E-state index contributed by atoms with van der Waals surface area (Å²) in [4.78, 5) is 53.6. The minimum Gasteiger partial charge on any atom is -0.308 e. The van der Waals surface area contributed by atoms with Gasteiger partial charge in [-0.15, -0.1) is 11.3 Å². The van der Waals surface area contributed by atoms with Crippen molar-refractivity contribution in [3.63, 3.8) is 0 Å². The third-order valence-electron chi connectivity index (χ3n) is 4.72. The molecule has 156 valence electrons. The van der Waals surface area contributed by atoms with Gasteiger partial charge in [0.15, 0.2) is 6.29 Å². The number of H-pyrrole nitrogens is 1. The van der Waals surface area contributed by atoms with Crippen LogP contribution >= 0.6 is 22.9 Å². The number of thiophene rings is 1. The molecule has 0 atom stereocenters. The molecule has 2 heterocycles. The first kappa shape index (κ1) is 20.7. The lowest BCUT2D eigenvalue weighted by Gasteiger charge is -2.16. The average Bonchev–Trinajstić information content (AvgIpc) is 3.13. The Kier molecular flexibility index (Phi) is 5.30. The zero-order chi connectivity index (χ0) is 22.3. The van der Waals surface area contributed by atoms with Crippen molar-refractivity contribution in [3.8, 4) is 5.69 Å². The van der Waals surface area contributed by atoms with Crippen LogP contribution in [0.15, 0.2) is 58.1 Å². The topological polar surface area (TPSA) is 92.2 Å². The molecule has 31 heavy (non-hydrogen) atoms. The van der Waals surface area contributed by atoms with Crippen LogP contribution in [0.4, 0.5) is 10.1 Å².